The summed E-state index contributed by atoms with van der Waals surface area (Å²) in [6, 6.07) is 8.28. The minimum Gasteiger partial charge on any atom is -0.486 e. The van der Waals surface area contributed by atoms with Crippen molar-refractivity contribution in [1.82, 2.24) is 9.97 Å². The Labute approximate surface area is 175 Å². The number of ether oxygens (including phenoxy) is 2. The highest BCUT2D eigenvalue weighted by molar-refractivity contribution is 5.59. The van der Waals surface area contributed by atoms with Crippen molar-refractivity contribution in [1.29, 1.82) is 0 Å². The SMILES string of the molecule is C=CCOc1cnc(-c2ccc(/C=C/CCCC(C)OCCCCC)cc2)nc1. The van der Waals surface area contributed by atoms with Crippen LogP contribution in [-0.2, 0) is 4.74 Å². The fourth-order valence-electron chi connectivity index (χ4n) is 2.90. The molecule has 0 saturated carbocycles. The normalized spacial score (nSPS) is 12.2. The van der Waals surface area contributed by atoms with E-state index in [-0.39, 0.29) is 0 Å². The second kappa shape index (κ2) is 13.7. The van der Waals surface area contributed by atoms with Crippen LogP contribution < -0.4 is 4.74 Å². The molecule has 1 aromatic carbocycles. The number of aromatic nitrogens is 2. The van der Waals surface area contributed by atoms with Gasteiger partial charge in [0.25, 0.3) is 0 Å². The monoisotopic (exact) mass is 394 g/mol. The summed E-state index contributed by atoms with van der Waals surface area (Å²) < 4.78 is 11.3. The second-order valence-corrected chi connectivity index (χ2v) is 7.19. The summed E-state index contributed by atoms with van der Waals surface area (Å²) in [5.41, 5.74) is 2.18. The van der Waals surface area contributed by atoms with Gasteiger partial charge < -0.3 is 9.47 Å². The molecule has 0 amide bonds. The van der Waals surface area contributed by atoms with Crippen LogP contribution in [-0.4, -0.2) is 29.3 Å². The van der Waals surface area contributed by atoms with Crippen molar-refractivity contribution in [2.24, 2.45) is 0 Å². The van der Waals surface area contributed by atoms with E-state index >= 15 is 0 Å². The molecule has 0 aliphatic carbocycles. The van der Waals surface area contributed by atoms with Crippen molar-refractivity contribution >= 4 is 6.08 Å². The Bertz CT molecular complexity index is 723. The fourth-order valence-corrected chi connectivity index (χ4v) is 2.90. The minimum atomic E-state index is 0.355. The number of hydrogen-bond acceptors (Lipinski definition) is 4. The number of unbranched alkanes of at least 4 members (excludes halogenated alkanes) is 3. The van der Waals surface area contributed by atoms with Gasteiger partial charge in [-0.05, 0) is 38.2 Å². The van der Waals surface area contributed by atoms with E-state index in [1.807, 2.05) is 12.1 Å². The Morgan fingerprint density at radius 3 is 2.52 bits per heavy atom. The van der Waals surface area contributed by atoms with E-state index < -0.39 is 0 Å². The van der Waals surface area contributed by atoms with E-state index in [0.717, 1.165) is 31.4 Å². The number of allylic oxidation sites excluding steroid dienone is 1. The third-order valence-electron chi connectivity index (χ3n) is 4.61. The van der Waals surface area contributed by atoms with E-state index in [4.69, 9.17) is 9.47 Å². The average molecular weight is 395 g/mol. The van der Waals surface area contributed by atoms with Crippen molar-refractivity contribution in [2.75, 3.05) is 13.2 Å². The molecule has 0 spiro atoms. The molecule has 29 heavy (non-hydrogen) atoms. The molecule has 0 bridgehead atoms. The Hall–Kier alpha value is -2.46. The van der Waals surface area contributed by atoms with Gasteiger partial charge >= 0.3 is 0 Å². The molecule has 156 valence electrons. The molecule has 0 N–H and O–H groups in total. The Morgan fingerprint density at radius 1 is 1.07 bits per heavy atom. The maximum Gasteiger partial charge on any atom is 0.159 e. The van der Waals surface area contributed by atoms with Crippen LogP contribution in [0, 0.1) is 0 Å². The lowest BCUT2D eigenvalue weighted by atomic mass is 10.1. The molecule has 0 fully saturated rings. The zero-order chi connectivity index (χ0) is 20.7. The lowest BCUT2D eigenvalue weighted by molar-refractivity contribution is 0.0566. The Kier molecular flexibility index (Phi) is 10.8. The van der Waals surface area contributed by atoms with Crippen LogP contribution in [0.25, 0.3) is 17.5 Å². The molecule has 4 nitrogen and oxygen atoms in total. The second-order valence-electron chi connectivity index (χ2n) is 7.19. The summed E-state index contributed by atoms with van der Waals surface area (Å²) in [6.45, 7) is 9.37. The van der Waals surface area contributed by atoms with Gasteiger partial charge in [-0.1, -0.05) is 68.8 Å². The van der Waals surface area contributed by atoms with Gasteiger partial charge in [-0.15, -0.1) is 0 Å². The Morgan fingerprint density at radius 2 is 1.83 bits per heavy atom. The molecule has 4 heteroatoms. The van der Waals surface area contributed by atoms with Crippen molar-refractivity contribution in [3.8, 4) is 17.1 Å². The lowest BCUT2D eigenvalue weighted by Gasteiger charge is -2.11. The van der Waals surface area contributed by atoms with E-state index in [2.05, 4.69) is 54.7 Å². The summed E-state index contributed by atoms with van der Waals surface area (Å²) in [6.07, 6.45) is 16.8. The van der Waals surface area contributed by atoms with Gasteiger partial charge in [0, 0.05) is 12.2 Å². The molecule has 0 radical (unpaired) electrons. The zero-order valence-electron chi connectivity index (χ0n) is 17.8. The van der Waals surface area contributed by atoms with E-state index in [1.54, 1.807) is 18.5 Å². The van der Waals surface area contributed by atoms with Crippen LogP contribution in [0.2, 0.25) is 0 Å². The standard InChI is InChI=1S/C25H34N2O2/c1-4-6-10-18-28-21(3)11-8-7-9-12-22-13-15-23(16-14-22)25-26-19-24(20-27-25)29-17-5-2/h5,9,12-16,19-21H,2,4,6-8,10-11,17-18H2,1,3H3/b12-9+. The van der Waals surface area contributed by atoms with Crippen molar-refractivity contribution in [2.45, 2.75) is 58.5 Å². The van der Waals surface area contributed by atoms with Gasteiger partial charge in [0.15, 0.2) is 11.6 Å². The molecule has 2 rings (SSSR count). The van der Waals surface area contributed by atoms with Crippen LogP contribution in [0.1, 0.15) is 57.9 Å². The largest absolute Gasteiger partial charge is 0.486 e. The van der Waals surface area contributed by atoms with Crippen LogP contribution in [0.15, 0.2) is 55.4 Å². The number of nitrogens with zero attached hydrogens (tertiary/aromatic N) is 2. The number of benzene rings is 1. The van der Waals surface area contributed by atoms with Gasteiger partial charge in [-0.25, -0.2) is 9.97 Å². The molecule has 1 unspecified atom stereocenters. The van der Waals surface area contributed by atoms with Crippen molar-refractivity contribution in [3.05, 3.63) is 61.0 Å². The molecule has 0 aliphatic rings. The van der Waals surface area contributed by atoms with Gasteiger partial charge in [-0.3, -0.25) is 0 Å². The smallest absolute Gasteiger partial charge is 0.159 e. The molecule has 1 atom stereocenters. The molecular weight excluding hydrogens is 360 g/mol. The van der Waals surface area contributed by atoms with E-state index in [9.17, 15) is 0 Å². The third kappa shape index (κ3) is 9.05. The van der Waals surface area contributed by atoms with Crippen LogP contribution in [0.4, 0.5) is 0 Å². The molecule has 1 heterocycles. The highest BCUT2D eigenvalue weighted by Gasteiger charge is 2.02. The first kappa shape index (κ1) is 22.8. The quantitative estimate of drug-likeness (QED) is 0.271. The summed E-state index contributed by atoms with van der Waals surface area (Å²) in [7, 11) is 0. The van der Waals surface area contributed by atoms with Gasteiger partial charge in [0.2, 0.25) is 0 Å². The van der Waals surface area contributed by atoms with Gasteiger partial charge in [0.1, 0.15) is 6.61 Å². The zero-order valence-corrected chi connectivity index (χ0v) is 17.8. The maximum absolute atomic E-state index is 5.84. The van der Waals surface area contributed by atoms with Crippen molar-refractivity contribution in [3.63, 3.8) is 0 Å². The molecular formula is C25H34N2O2. The van der Waals surface area contributed by atoms with Crippen LogP contribution in [0.3, 0.4) is 0 Å². The highest BCUT2D eigenvalue weighted by Crippen LogP contribution is 2.18. The third-order valence-corrected chi connectivity index (χ3v) is 4.61. The molecule has 2 aromatic rings. The summed E-state index contributed by atoms with van der Waals surface area (Å²) in [5.74, 6) is 1.34. The first-order valence-corrected chi connectivity index (χ1v) is 10.7. The molecule has 1 aromatic heterocycles. The average Bonchev–Trinajstić information content (AvgIpc) is 2.76. The van der Waals surface area contributed by atoms with E-state index in [1.165, 1.54) is 24.8 Å². The summed E-state index contributed by atoms with van der Waals surface area (Å²) >= 11 is 0. The van der Waals surface area contributed by atoms with Crippen molar-refractivity contribution < 1.29 is 9.47 Å². The maximum atomic E-state index is 5.84. The predicted octanol–water partition coefficient (Wildman–Crippen LogP) is 6.49. The van der Waals surface area contributed by atoms with Gasteiger partial charge in [-0.2, -0.15) is 0 Å². The van der Waals surface area contributed by atoms with Gasteiger partial charge in [0.05, 0.1) is 18.5 Å². The topological polar surface area (TPSA) is 44.2 Å². The number of rotatable bonds is 14. The highest BCUT2D eigenvalue weighted by atomic mass is 16.5. The molecule has 0 aliphatic heterocycles. The lowest BCUT2D eigenvalue weighted by Crippen LogP contribution is -2.08. The minimum absolute atomic E-state index is 0.355. The number of hydrogen-bond donors (Lipinski definition) is 0. The summed E-state index contributed by atoms with van der Waals surface area (Å²) in [4.78, 5) is 8.73. The first-order chi connectivity index (χ1) is 14.2. The first-order valence-electron chi connectivity index (χ1n) is 10.7. The van der Waals surface area contributed by atoms with E-state index in [0.29, 0.717) is 24.3 Å². The summed E-state index contributed by atoms with van der Waals surface area (Å²) in [5, 5.41) is 0. The fraction of sp³-hybridized carbons (Fsp3) is 0.440. The molecule has 0 saturated heterocycles. The predicted molar refractivity (Wildman–Crippen MR) is 121 cm³/mol. The van der Waals surface area contributed by atoms with Crippen LogP contribution in [0.5, 0.6) is 5.75 Å². The van der Waals surface area contributed by atoms with Crippen LogP contribution >= 0.6 is 0 Å². The Balaban J connectivity index is 1.72.